The van der Waals surface area contributed by atoms with E-state index in [-0.39, 0.29) is 66.9 Å². The molecular formula is C68H85BrN6O21S. The SMILES string of the molecule is C.C=C[C@@H]1C[C@]1(NC(=O)[C@@H]1C[C@@H](Oc2cc(C(=O)OC)nc3c(C)c(OC)ccc23)CN1C(=O)OC(C)(C)C)C(=O)OC.C=C[C@@H]1C[C@]1(NC(=O)[C@@H]1C[C@H](OS(=O)(=O)c2ccc(Br)cc2)CN1C(=O)OC(C)(C)C)C(=O)OC.COC(=O)c1cc(=O)c2cc(C)c(OC)c(C)c2[nH]1. The number of likely N-dealkylation sites (tertiary alicyclic amines) is 2. The number of hydrogen-bond acceptors (Lipinski definition) is 22. The Bertz CT molecular complexity index is 4070. The zero-order chi connectivity index (χ0) is 71.3. The quantitative estimate of drug-likeness (QED) is 0.0339. The molecule has 0 radical (unpaired) electrons. The number of nitrogens with one attached hydrogen (secondary N) is 3. The van der Waals surface area contributed by atoms with Crippen molar-refractivity contribution in [2.45, 2.75) is 147 Å². The first-order valence-electron chi connectivity index (χ1n) is 30.3. The van der Waals surface area contributed by atoms with Crippen LogP contribution in [0.3, 0.4) is 0 Å². The van der Waals surface area contributed by atoms with Crippen molar-refractivity contribution in [1.29, 1.82) is 0 Å². The number of carbonyl (C=O) groups is 8. The van der Waals surface area contributed by atoms with E-state index in [0.29, 0.717) is 61.9 Å². The highest BCUT2D eigenvalue weighted by molar-refractivity contribution is 9.10. The van der Waals surface area contributed by atoms with Gasteiger partial charge in [0.05, 0.1) is 77.8 Å². The summed E-state index contributed by atoms with van der Waals surface area (Å²) < 4.78 is 79.1. The first-order valence-corrected chi connectivity index (χ1v) is 32.5. The molecule has 4 fully saturated rings. The molecular weight excluding hydrogens is 1350 g/mol. The zero-order valence-corrected chi connectivity index (χ0v) is 58.6. The summed E-state index contributed by atoms with van der Waals surface area (Å²) in [4.78, 5) is 124. The number of H-pyrrole nitrogens is 1. The number of amides is 4. The maximum Gasteiger partial charge on any atom is 0.411 e. The Labute approximate surface area is 571 Å². The molecule has 0 spiro atoms. The Balaban J connectivity index is 0.000000244. The first kappa shape index (κ1) is 76.9. The van der Waals surface area contributed by atoms with E-state index in [1.54, 1.807) is 91.1 Å². The second-order valence-corrected chi connectivity index (χ2v) is 27.7. The highest BCUT2D eigenvalue weighted by Gasteiger charge is 2.63. The predicted molar refractivity (Wildman–Crippen MR) is 359 cm³/mol. The number of nitrogens with zero attached hydrogens (tertiary/aromatic N) is 3. The van der Waals surface area contributed by atoms with Crippen LogP contribution in [0.25, 0.3) is 21.8 Å². The molecule has 9 rings (SSSR count). The topological polar surface area (TPSA) is 339 Å². The lowest BCUT2D eigenvalue weighted by Crippen LogP contribution is -2.53. The van der Waals surface area contributed by atoms with Crippen molar-refractivity contribution in [3.05, 3.63) is 123 Å². The number of methoxy groups -OCH3 is 6. The van der Waals surface area contributed by atoms with Crippen molar-refractivity contribution in [2.75, 3.05) is 55.7 Å². The molecule has 4 amide bonds. The number of rotatable bonds is 17. The van der Waals surface area contributed by atoms with E-state index in [2.05, 4.69) is 54.4 Å². The number of fused-ring (bicyclic) bond motifs is 2. The molecule has 27 nitrogen and oxygen atoms in total. The summed E-state index contributed by atoms with van der Waals surface area (Å²) in [7, 11) is 3.93. The number of aryl methyl sites for hydroxylation is 3. The van der Waals surface area contributed by atoms with Gasteiger partial charge in [-0.2, -0.15) is 8.42 Å². The highest BCUT2D eigenvalue weighted by atomic mass is 79.9. The van der Waals surface area contributed by atoms with Gasteiger partial charge in [-0.25, -0.2) is 33.8 Å². The molecule has 4 aliphatic rings. The van der Waals surface area contributed by atoms with Gasteiger partial charge in [-0.05, 0) is 123 Å². The second-order valence-electron chi connectivity index (χ2n) is 25.2. The largest absolute Gasteiger partial charge is 0.496 e. The number of carbonyl (C=O) groups excluding carboxylic acids is 8. The van der Waals surface area contributed by atoms with Crippen molar-refractivity contribution < 1.29 is 93.6 Å². The lowest BCUT2D eigenvalue weighted by atomic mass is 10.0. The number of ether oxygens (including phenoxy) is 9. The molecule has 2 aromatic heterocycles. The van der Waals surface area contributed by atoms with Gasteiger partial charge in [0.2, 0.25) is 11.8 Å². The number of benzene rings is 3. The number of pyridine rings is 2. The van der Waals surface area contributed by atoms with Crippen molar-refractivity contribution in [1.82, 2.24) is 30.4 Å². The van der Waals surface area contributed by atoms with E-state index in [0.717, 1.165) is 16.0 Å². The standard InChI is InChI=1S/C30H37N3O9.C23H29BrN2O8S.C14H15NO4.CH4/c1-9-17-14-30(17,27(36)40-8)32-25(34)21-12-18(15-33(21)28(37)42-29(3,4)5)41-23-13-20(26(35)39-7)31-24-16(2)22(38-6)11-10-19(23)24;1-6-14-12-23(14,20(28)32-5)25-19(27)18-11-16(13-26(18)21(29)33-22(2,3)4)34-35(30,31)17-9-7-15(24)8-10-17;1-7-5-9-11(16)6-10(14(17)19-4)15-12(9)8(2)13(7)18-3;/h9-11,13,17-18,21H,1,12,14-15H2,2-8H3,(H,32,34);6-10,14,16,18H,1,11-13H2,2-5H3,(H,25,27);5-6H,1-4H3,(H,15,16);1H4/t17-,18-,21+,30-;14-,16+,18+,23-;;/m11../s1. The van der Waals surface area contributed by atoms with E-state index in [1.807, 2.05) is 20.8 Å². The van der Waals surface area contributed by atoms with Crippen LogP contribution in [0.1, 0.15) is 112 Å². The molecule has 8 atom stereocenters. The minimum Gasteiger partial charge on any atom is -0.496 e. The van der Waals surface area contributed by atoms with Crippen LogP contribution >= 0.6 is 15.9 Å². The zero-order valence-electron chi connectivity index (χ0n) is 56.2. The van der Waals surface area contributed by atoms with Gasteiger partial charge >= 0.3 is 36.1 Å². The van der Waals surface area contributed by atoms with Gasteiger partial charge in [0.25, 0.3) is 10.1 Å². The van der Waals surface area contributed by atoms with Crippen molar-refractivity contribution >= 4 is 95.7 Å². The molecule has 3 N–H and O–H groups in total. The number of halogens is 1. The number of esters is 4. The Hall–Kier alpha value is -9.09. The van der Waals surface area contributed by atoms with Gasteiger partial charge in [0.15, 0.2) is 11.1 Å². The van der Waals surface area contributed by atoms with Gasteiger partial charge in [-0.1, -0.05) is 35.5 Å². The van der Waals surface area contributed by atoms with Gasteiger partial charge in [-0.15, -0.1) is 13.2 Å². The third kappa shape index (κ3) is 17.2. The van der Waals surface area contributed by atoms with E-state index in [1.165, 1.54) is 64.7 Å². The van der Waals surface area contributed by atoms with Crippen LogP contribution in [0.5, 0.6) is 17.2 Å². The van der Waals surface area contributed by atoms with E-state index in [4.69, 9.17) is 42.1 Å². The van der Waals surface area contributed by atoms with Crippen LogP contribution in [-0.2, 0) is 61.9 Å². The maximum atomic E-state index is 13.6. The monoisotopic (exact) mass is 1430 g/mol. The summed E-state index contributed by atoms with van der Waals surface area (Å²) in [5, 5.41) is 6.62. The molecule has 2 saturated carbocycles. The molecule has 5 aromatic rings. The third-order valence-corrected chi connectivity index (χ3v) is 18.2. The fourth-order valence-corrected chi connectivity index (χ4v) is 12.8. The van der Waals surface area contributed by atoms with Crippen molar-refractivity contribution in [3.63, 3.8) is 0 Å². The Kier molecular flexibility index (Phi) is 24.2. The Morgan fingerprint density at radius 1 is 0.660 bits per heavy atom. The average Bonchev–Trinajstić information content (AvgIpc) is 1.63. The van der Waals surface area contributed by atoms with Crippen molar-refractivity contribution in [2.24, 2.45) is 11.8 Å². The molecule has 2 aliphatic carbocycles. The summed E-state index contributed by atoms with van der Waals surface area (Å²) in [6.07, 6.45) is 0.597. The highest BCUT2D eigenvalue weighted by Crippen LogP contribution is 2.47. The second kappa shape index (κ2) is 30.5. The van der Waals surface area contributed by atoms with Gasteiger partial charge in [-0.3, -0.25) is 28.4 Å². The fourth-order valence-electron chi connectivity index (χ4n) is 11.4. The van der Waals surface area contributed by atoms with Crippen LogP contribution in [0.4, 0.5) is 9.59 Å². The van der Waals surface area contributed by atoms with Crippen LogP contribution in [0.2, 0.25) is 0 Å². The third-order valence-electron chi connectivity index (χ3n) is 16.3. The summed E-state index contributed by atoms with van der Waals surface area (Å²) >= 11 is 3.25. The molecule has 2 aliphatic heterocycles. The van der Waals surface area contributed by atoms with Crippen LogP contribution in [-0.4, -0.2) is 178 Å². The minimum absolute atomic E-state index is 0. The average molecular weight is 1430 g/mol. The van der Waals surface area contributed by atoms with Gasteiger partial charge < -0.3 is 58.2 Å². The van der Waals surface area contributed by atoms with Crippen LogP contribution in [0, 0.1) is 32.6 Å². The normalized spacial score (nSPS) is 21.5. The fraction of sp³-hybridized carbons (Fsp3) is 0.471. The molecule has 29 heteroatoms. The predicted octanol–water partition coefficient (Wildman–Crippen LogP) is 8.67. The molecule has 526 valence electrons. The lowest BCUT2D eigenvalue weighted by Gasteiger charge is -2.28. The molecule has 2 saturated heterocycles. The smallest absolute Gasteiger partial charge is 0.411 e. The van der Waals surface area contributed by atoms with E-state index in [9.17, 15) is 51.6 Å². The van der Waals surface area contributed by atoms with E-state index >= 15 is 0 Å². The molecule has 3 aromatic carbocycles. The summed E-state index contributed by atoms with van der Waals surface area (Å²) in [5.74, 6) is -2.63. The molecule has 0 bridgehead atoms. The molecule has 0 unspecified atom stereocenters. The summed E-state index contributed by atoms with van der Waals surface area (Å²) in [6, 6.07) is 11.8. The number of aromatic amines is 1. The Morgan fingerprint density at radius 3 is 1.62 bits per heavy atom. The van der Waals surface area contributed by atoms with Gasteiger partial charge in [0.1, 0.15) is 63.4 Å². The van der Waals surface area contributed by atoms with Crippen LogP contribution < -0.4 is 30.3 Å². The minimum atomic E-state index is -4.17. The first-order chi connectivity index (χ1) is 45.0. The Morgan fingerprint density at radius 2 is 1.16 bits per heavy atom. The summed E-state index contributed by atoms with van der Waals surface area (Å²) in [5.41, 5.74) is -0.796. The number of hydrogen-bond donors (Lipinski definition) is 3. The van der Waals surface area contributed by atoms with Crippen LogP contribution in [0.15, 0.2) is 94.1 Å². The molecule has 4 heterocycles. The maximum absolute atomic E-state index is 13.6. The number of aromatic nitrogens is 2. The van der Waals surface area contributed by atoms with E-state index < -0.39 is 105 Å². The molecule has 97 heavy (non-hydrogen) atoms. The summed E-state index contributed by atoms with van der Waals surface area (Å²) in [6.45, 7) is 23.0. The van der Waals surface area contributed by atoms with Crippen molar-refractivity contribution in [3.8, 4) is 17.2 Å². The lowest BCUT2D eigenvalue weighted by molar-refractivity contribution is -0.147. The van der Waals surface area contributed by atoms with Gasteiger partial charge in [0, 0.05) is 63.2 Å².